The van der Waals surface area contributed by atoms with E-state index in [1.807, 2.05) is 0 Å². The van der Waals surface area contributed by atoms with Gasteiger partial charge in [0.15, 0.2) is 0 Å². The summed E-state index contributed by atoms with van der Waals surface area (Å²) >= 11 is 0. The Balaban J connectivity index is 1.49. The van der Waals surface area contributed by atoms with E-state index in [1.54, 1.807) is 0 Å². The van der Waals surface area contributed by atoms with E-state index in [4.69, 9.17) is 4.74 Å². The summed E-state index contributed by atoms with van der Waals surface area (Å²) < 4.78 is 5.35. The summed E-state index contributed by atoms with van der Waals surface area (Å²) in [6.45, 7) is 2.33. The van der Waals surface area contributed by atoms with E-state index in [0.717, 1.165) is 50.9 Å². The highest BCUT2D eigenvalue weighted by molar-refractivity contribution is 5.88. The number of Topliss-reactive ketones (excluding diaryl/α,β-unsaturated/α-hetero) is 1. The third-order valence-electron chi connectivity index (χ3n) is 9.27. The Morgan fingerprint density at radius 1 is 0.933 bits per heavy atom. The summed E-state index contributed by atoms with van der Waals surface area (Å²) in [6.07, 6.45) is 11.1. The van der Waals surface area contributed by atoms with Crippen LogP contribution in [-0.4, -0.2) is 18.9 Å². The molecule has 3 nitrogen and oxygen atoms in total. The number of hydrogen-bond acceptors (Lipinski definition) is 3. The molecule has 0 aromatic heterocycles. The Labute approximate surface area is 181 Å². The minimum Gasteiger partial charge on any atom is -0.469 e. The minimum atomic E-state index is -0.471. The van der Waals surface area contributed by atoms with Gasteiger partial charge in [0.05, 0.1) is 12.5 Å². The van der Waals surface area contributed by atoms with Gasteiger partial charge in [-0.05, 0) is 80.1 Å². The number of carbonyl (C=O) groups excluding carboxylic acids is 2. The zero-order valence-corrected chi connectivity index (χ0v) is 18.6. The van der Waals surface area contributed by atoms with Crippen LogP contribution in [-0.2, 0) is 19.7 Å². The number of methoxy groups -OCH3 is 1. The third kappa shape index (κ3) is 3.15. The number of ketones is 1. The van der Waals surface area contributed by atoms with Crippen LogP contribution in [0.2, 0.25) is 0 Å². The van der Waals surface area contributed by atoms with Gasteiger partial charge in [0.2, 0.25) is 0 Å². The maximum atomic E-state index is 13.9. The first kappa shape index (κ1) is 20.3. The molecule has 0 heterocycles. The summed E-state index contributed by atoms with van der Waals surface area (Å²) in [7, 11) is 1.52. The molecule has 0 saturated heterocycles. The average molecular weight is 409 g/mol. The first-order valence-electron chi connectivity index (χ1n) is 12.1. The first-order chi connectivity index (χ1) is 14.4. The molecule has 5 aliphatic rings. The summed E-state index contributed by atoms with van der Waals surface area (Å²) in [5.41, 5.74) is 0.477. The SMILES string of the molecule is COC(=O)C12CC3CC(C(=O)CC4CCC(C)CC4)(C1)CC(c1ccccc1)(C3)C2. The minimum absolute atomic E-state index is 0.0500. The van der Waals surface area contributed by atoms with Crippen molar-refractivity contribution in [3.8, 4) is 0 Å². The molecule has 5 aliphatic carbocycles. The zero-order chi connectivity index (χ0) is 21.0. The molecule has 0 spiro atoms. The van der Waals surface area contributed by atoms with Crippen LogP contribution in [0.5, 0.6) is 0 Å². The van der Waals surface area contributed by atoms with E-state index >= 15 is 0 Å². The molecule has 0 N–H and O–H groups in total. The number of ether oxygens (including phenoxy) is 1. The number of rotatable bonds is 5. The van der Waals surface area contributed by atoms with Crippen molar-refractivity contribution in [3.05, 3.63) is 35.9 Å². The van der Waals surface area contributed by atoms with Crippen LogP contribution in [0, 0.1) is 28.6 Å². The van der Waals surface area contributed by atoms with Crippen molar-refractivity contribution < 1.29 is 14.3 Å². The number of carbonyl (C=O) groups is 2. The predicted octanol–water partition coefficient (Wildman–Crippen LogP) is 5.85. The molecule has 0 amide bonds. The molecule has 0 aliphatic heterocycles. The standard InChI is InChI=1S/C27H36O3/c1-19-8-10-20(11-9-19)12-23(28)26-14-21-13-25(16-26,22-6-4-3-5-7-22)17-27(15-21,18-26)24(29)30-2/h3-7,19-21H,8-18H2,1-2H3. The first-order valence-corrected chi connectivity index (χ1v) is 12.1. The predicted molar refractivity (Wildman–Crippen MR) is 117 cm³/mol. The second kappa shape index (κ2) is 7.21. The van der Waals surface area contributed by atoms with Crippen molar-refractivity contribution in [2.24, 2.45) is 28.6 Å². The lowest BCUT2D eigenvalue weighted by molar-refractivity contribution is -0.185. The maximum absolute atomic E-state index is 13.9. The maximum Gasteiger partial charge on any atom is 0.311 e. The summed E-state index contributed by atoms with van der Waals surface area (Å²) in [4.78, 5) is 27.0. The van der Waals surface area contributed by atoms with E-state index in [-0.39, 0.29) is 16.8 Å². The fourth-order valence-electron chi connectivity index (χ4n) is 8.32. The van der Waals surface area contributed by atoms with Gasteiger partial charge in [-0.15, -0.1) is 0 Å². The molecular weight excluding hydrogens is 372 g/mol. The summed E-state index contributed by atoms with van der Waals surface area (Å²) in [5.74, 6) is 2.19. The van der Waals surface area contributed by atoms with E-state index in [9.17, 15) is 9.59 Å². The summed E-state index contributed by atoms with van der Waals surface area (Å²) in [6, 6.07) is 10.7. The highest BCUT2D eigenvalue weighted by Gasteiger charge is 2.68. The molecular formula is C27H36O3. The molecule has 5 saturated carbocycles. The van der Waals surface area contributed by atoms with Crippen molar-refractivity contribution in [2.45, 2.75) is 83.0 Å². The Bertz CT molecular complexity index is 824. The van der Waals surface area contributed by atoms with Crippen molar-refractivity contribution in [2.75, 3.05) is 7.11 Å². The molecule has 3 heteroatoms. The van der Waals surface area contributed by atoms with E-state index in [1.165, 1.54) is 38.4 Å². The number of benzene rings is 1. The topological polar surface area (TPSA) is 43.4 Å². The summed E-state index contributed by atoms with van der Waals surface area (Å²) in [5, 5.41) is 0. The van der Waals surface area contributed by atoms with Gasteiger partial charge in [0.1, 0.15) is 5.78 Å². The Hall–Kier alpha value is -1.64. The zero-order valence-electron chi connectivity index (χ0n) is 18.6. The Morgan fingerprint density at radius 3 is 2.30 bits per heavy atom. The molecule has 0 radical (unpaired) electrons. The van der Waals surface area contributed by atoms with Crippen molar-refractivity contribution in [1.82, 2.24) is 0 Å². The van der Waals surface area contributed by atoms with Crippen molar-refractivity contribution in [3.63, 3.8) is 0 Å². The lowest BCUT2D eigenvalue weighted by Crippen LogP contribution is -2.63. The molecule has 1 aromatic carbocycles. The lowest BCUT2D eigenvalue weighted by atomic mass is 9.37. The molecule has 4 bridgehead atoms. The average Bonchev–Trinajstić information content (AvgIpc) is 2.74. The van der Waals surface area contributed by atoms with Crippen LogP contribution in [0.25, 0.3) is 0 Å². The van der Waals surface area contributed by atoms with Crippen molar-refractivity contribution >= 4 is 11.8 Å². The van der Waals surface area contributed by atoms with Crippen LogP contribution in [0.1, 0.15) is 83.1 Å². The molecule has 4 unspecified atom stereocenters. The molecule has 162 valence electrons. The van der Waals surface area contributed by atoms with E-state index in [2.05, 4.69) is 37.3 Å². The van der Waals surface area contributed by atoms with Gasteiger partial charge in [-0.25, -0.2) is 0 Å². The molecule has 30 heavy (non-hydrogen) atoms. The molecule has 6 rings (SSSR count). The molecule has 4 atom stereocenters. The Kier molecular flexibility index (Phi) is 4.87. The smallest absolute Gasteiger partial charge is 0.311 e. The van der Waals surface area contributed by atoms with Gasteiger partial charge >= 0.3 is 5.97 Å². The Morgan fingerprint density at radius 2 is 1.60 bits per heavy atom. The van der Waals surface area contributed by atoms with Crippen LogP contribution in [0.4, 0.5) is 0 Å². The quantitative estimate of drug-likeness (QED) is 0.574. The van der Waals surface area contributed by atoms with Gasteiger partial charge in [0.25, 0.3) is 0 Å². The van der Waals surface area contributed by atoms with Gasteiger partial charge < -0.3 is 4.74 Å². The van der Waals surface area contributed by atoms with Gasteiger partial charge in [-0.2, -0.15) is 0 Å². The number of hydrogen-bond donors (Lipinski definition) is 0. The largest absolute Gasteiger partial charge is 0.469 e. The van der Waals surface area contributed by atoms with Crippen LogP contribution in [0.15, 0.2) is 30.3 Å². The molecule has 1 aromatic rings. The lowest BCUT2D eigenvalue weighted by Gasteiger charge is -2.65. The van der Waals surface area contributed by atoms with Gasteiger partial charge in [-0.1, -0.05) is 50.1 Å². The van der Waals surface area contributed by atoms with E-state index in [0.29, 0.717) is 17.6 Å². The van der Waals surface area contributed by atoms with Crippen LogP contribution >= 0.6 is 0 Å². The van der Waals surface area contributed by atoms with Crippen LogP contribution < -0.4 is 0 Å². The second-order valence-corrected chi connectivity index (χ2v) is 11.5. The van der Waals surface area contributed by atoms with Crippen molar-refractivity contribution in [1.29, 1.82) is 0 Å². The fourth-order valence-corrected chi connectivity index (χ4v) is 8.32. The molecule has 5 fully saturated rings. The fraction of sp³-hybridized carbons (Fsp3) is 0.704. The van der Waals surface area contributed by atoms with Crippen LogP contribution in [0.3, 0.4) is 0 Å². The van der Waals surface area contributed by atoms with Gasteiger partial charge in [0, 0.05) is 11.8 Å². The normalized spacial score (nSPS) is 42.1. The highest BCUT2D eigenvalue weighted by atomic mass is 16.5. The monoisotopic (exact) mass is 408 g/mol. The van der Waals surface area contributed by atoms with E-state index < -0.39 is 5.41 Å². The number of esters is 1. The second-order valence-electron chi connectivity index (χ2n) is 11.5. The third-order valence-corrected chi connectivity index (χ3v) is 9.27. The van der Waals surface area contributed by atoms with Gasteiger partial charge in [-0.3, -0.25) is 9.59 Å². The highest BCUT2D eigenvalue weighted by Crippen LogP contribution is 2.71.